The highest BCUT2D eigenvalue weighted by molar-refractivity contribution is 5.96. The summed E-state index contributed by atoms with van der Waals surface area (Å²) in [4.78, 5) is 31.1. The molecule has 1 aliphatic heterocycles. The molecule has 1 saturated carbocycles. The minimum Gasteiger partial charge on any atom is -0.398 e. The van der Waals surface area contributed by atoms with Gasteiger partial charge in [-0.1, -0.05) is 17.7 Å². The number of amides is 2. The van der Waals surface area contributed by atoms with E-state index in [-0.39, 0.29) is 24.4 Å². The Morgan fingerprint density at radius 2 is 1.94 bits per heavy atom. The maximum absolute atomic E-state index is 12.2. The van der Waals surface area contributed by atoms with Crippen molar-refractivity contribution in [2.75, 3.05) is 25.4 Å². The summed E-state index contributed by atoms with van der Waals surface area (Å²) in [6, 6.07) is 9.96. The molecule has 2 fully saturated rings. The lowest BCUT2D eigenvalue weighted by Crippen LogP contribution is -2.63. The number of aryl methyl sites for hydroxylation is 1. The smallest absolute Gasteiger partial charge is 0.251 e. The first kappa shape index (κ1) is 21.3. The highest BCUT2D eigenvalue weighted by Gasteiger charge is 2.35. The summed E-state index contributed by atoms with van der Waals surface area (Å²) in [6.07, 6.45) is 8.19. The van der Waals surface area contributed by atoms with Crippen molar-refractivity contribution < 1.29 is 9.59 Å². The molecule has 2 aromatic rings. The van der Waals surface area contributed by atoms with Crippen LogP contribution in [0.3, 0.4) is 0 Å². The van der Waals surface area contributed by atoms with Crippen LogP contribution >= 0.6 is 0 Å². The lowest BCUT2D eigenvalue weighted by molar-refractivity contribution is -0.122. The van der Waals surface area contributed by atoms with Gasteiger partial charge in [0, 0.05) is 42.8 Å². The minimum absolute atomic E-state index is 0.000910. The second-order valence-electron chi connectivity index (χ2n) is 8.78. The van der Waals surface area contributed by atoms with E-state index in [4.69, 9.17) is 5.73 Å². The number of nitrogens with two attached hydrogens (primary N) is 1. The number of nitrogens with zero attached hydrogens (tertiary/aromatic N) is 2. The van der Waals surface area contributed by atoms with Crippen LogP contribution in [-0.2, 0) is 4.79 Å². The maximum atomic E-state index is 12.2. The lowest BCUT2D eigenvalue weighted by Gasteiger charge is -2.46. The summed E-state index contributed by atoms with van der Waals surface area (Å²) < 4.78 is 0. The molecular weight excluding hydrogens is 390 g/mol. The van der Waals surface area contributed by atoms with Gasteiger partial charge >= 0.3 is 0 Å². The van der Waals surface area contributed by atoms with Crippen molar-refractivity contribution in [3.05, 3.63) is 59.4 Å². The van der Waals surface area contributed by atoms with E-state index in [2.05, 4.69) is 20.5 Å². The molecule has 4 rings (SSSR count). The van der Waals surface area contributed by atoms with Crippen molar-refractivity contribution in [2.24, 2.45) is 0 Å². The number of hydrogen-bond donors (Lipinski definition) is 3. The van der Waals surface area contributed by atoms with Gasteiger partial charge in [0.25, 0.3) is 5.91 Å². The van der Waals surface area contributed by atoms with Crippen molar-refractivity contribution in [3.8, 4) is 0 Å². The summed E-state index contributed by atoms with van der Waals surface area (Å²) in [5.74, 6) is 0.139. The molecule has 0 bridgehead atoms. The van der Waals surface area contributed by atoms with E-state index >= 15 is 0 Å². The van der Waals surface area contributed by atoms with E-state index in [1.165, 1.54) is 5.56 Å². The van der Waals surface area contributed by atoms with Gasteiger partial charge in [-0.3, -0.25) is 19.5 Å². The summed E-state index contributed by atoms with van der Waals surface area (Å²) >= 11 is 0. The molecule has 2 aliphatic rings. The Hall–Kier alpha value is -2.93. The van der Waals surface area contributed by atoms with E-state index in [1.807, 2.05) is 37.4 Å². The molecule has 2 amide bonds. The Kier molecular flexibility index (Phi) is 6.51. The Balaban J connectivity index is 1.15. The number of rotatable bonds is 6. The predicted molar refractivity (Wildman–Crippen MR) is 121 cm³/mol. The number of pyridine rings is 1. The summed E-state index contributed by atoms with van der Waals surface area (Å²) in [5, 5.41) is 5.72. The van der Waals surface area contributed by atoms with E-state index in [9.17, 15) is 9.59 Å². The zero-order valence-corrected chi connectivity index (χ0v) is 18.0. The first-order valence-electron chi connectivity index (χ1n) is 11.1. The summed E-state index contributed by atoms with van der Waals surface area (Å²) in [7, 11) is 0. The van der Waals surface area contributed by atoms with Crippen LogP contribution in [0.4, 0.5) is 5.69 Å². The molecule has 2 heterocycles. The predicted octanol–water partition coefficient (Wildman–Crippen LogP) is 2.23. The third-order valence-corrected chi connectivity index (χ3v) is 6.50. The van der Waals surface area contributed by atoms with Gasteiger partial charge in [-0.25, -0.2) is 0 Å². The van der Waals surface area contributed by atoms with Crippen molar-refractivity contribution >= 4 is 17.5 Å². The van der Waals surface area contributed by atoms with E-state index in [0.717, 1.165) is 50.0 Å². The van der Waals surface area contributed by atoms with Crippen molar-refractivity contribution in [1.29, 1.82) is 0 Å². The maximum Gasteiger partial charge on any atom is 0.251 e. The van der Waals surface area contributed by atoms with E-state index in [1.54, 1.807) is 12.3 Å². The van der Waals surface area contributed by atoms with Crippen LogP contribution in [0.15, 0.2) is 42.7 Å². The average molecular weight is 422 g/mol. The Bertz CT molecular complexity index is 933. The number of likely N-dealkylation sites (tertiary alicyclic amines) is 1. The SMILES string of the molecule is Cc1cccc(C(=O)NCC(=O)NC2CN([C@H]3CC[C@@H](c4cnccc4N)CC3)C2)c1. The molecule has 1 aliphatic carbocycles. The van der Waals surface area contributed by atoms with Crippen LogP contribution < -0.4 is 16.4 Å². The second-order valence-corrected chi connectivity index (χ2v) is 8.78. The zero-order valence-electron chi connectivity index (χ0n) is 18.0. The lowest BCUT2D eigenvalue weighted by atomic mass is 9.80. The fraction of sp³-hybridized carbons (Fsp3) is 0.458. The Morgan fingerprint density at radius 1 is 1.16 bits per heavy atom. The fourth-order valence-electron chi connectivity index (χ4n) is 4.74. The number of aromatic nitrogens is 1. The van der Waals surface area contributed by atoms with Crippen LogP contribution in [0, 0.1) is 6.92 Å². The fourth-order valence-corrected chi connectivity index (χ4v) is 4.74. The van der Waals surface area contributed by atoms with Gasteiger partial charge in [0.05, 0.1) is 12.6 Å². The highest BCUT2D eigenvalue weighted by Crippen LogP contribution is 2.37. The van der Waals surface area contributed by atoms with Crippen LogP contribution in [0.2, 0.25) is 0 Å². The second kappa shape index (κ2) is 9.47. The van der Waals surface area contributed by atoms with E-state index < -0.39 is 0 Å². The third kappa shape index (κ3) is 5.22. The molecule has 0 radical (unpaired) electrons. The largest absolute Gasteiger partial charge is 0.398 e. The van der Waals surface area contributed by atoms with Crippen LogP contribution in [0.5, 0.6) is 0 Å². The molecule has 1 saturated heterocycles. The first-order chi connectivity index (χ1) is 15.0. The molecular formula is C24H31N5O2. The molecule has 4 N–H and O–H groups in total. The van der Waals surface area contributed by atoms with Gasteiger partial charge in [0.1, 0.15) is 0 Å². The monoisotopic (exact) mass is 421 g/mol. The Morgan fingerprint density at radius 3 is 2.65 bits per heavy atom. The topological polar surface area (TPSA) is 100 Å². The normalized spacial score (nSPS) is 21.8. The summed E-state index contributed by atoms with van der Waals surface area (Å²) in [6.45, 7) is 3.69. The number of nitrogens with one attached hydrogen (secondary N) is 2. The van der Waals surface area contributed by atoms with Crippen LogP contribution in [0.1, 0.15) is 53.1 Å². The minimum atomic E-state index is -0.222. The quantitative estimate of drug-likeness (QED) is 0.664. The van der Waals surface area contributed by atoms with Crippen molar-refractivity contribution in [2.45, 2.75) is 50.6 Å². The number of anilines is 1. The number of benzene rings is 1. The number of hydrogen-bond acceptors (Lipinski definition) is 5. The number of nitrogen functional groups attached to an aromatic ring is 1. The van der Waals surface area contributed by atoms with Crippen LogP contribution in [-0.4, -0.2) is 53.4 Å². The molecule has 1 aromatic carbocycles. The molecule has 0 atom stereocenters. The number of carbonyl (C=O) groups excluding carboxylic acids is 2. The summed E-state index contributed by atoms with van der Waals surface area (Å²) in [5.41, 5.74) is 9.74. The van der Waals surface area contributed by atoms with Gasteiger partial charge in [-0.15, -0.1) is 0 Å². The van der Waals surface area contributed by atoms with Gasteiger partial charge in [0.15, 0.2) is 0 Å². The highest BCUT2D eigenvalue weighted by atomic mass is 16.2. The molecule has 1 aromatic heterocycles. The average Bonchev–Trinajstić information content (AvgIpc) is 2.75. The van der Waals surface area contributed by atoms with E-state index in [0.29, 0.717) is 17.5 Å². The standard InChI is InChI=1S/C24H31N5O2/c1-16-3-2-4-18(11-16)24(31)27-13-23(30)28-19-14-29(15-19)20-7-5-17(6-8-20)21-12-26-10-9-22(21)25/h2-4,9-12,17,19-20H,5-8,13-15H2,1H3,(H2,25,26)(H,27,31)(H,28,30)/t17-,20+. The zero-order chi connectivity index (χ0) is 21.8. The van der Waals surface area contributed by atoms with Gasteiger partial charge in [0.2, 0.25) is 5.91 Å². The third-order valence-electron chi connectivity index (χ3n) is 6.50. The van der Waals surface area contributed by atoms with Gasteiger partial charge in [-0.2, -0.15) is 0 Å². The molecule has 31 heavy (non-hydrogen) atoms. The molecule has 164 valence electrons. The van der Waals surface area contributed by atoms with Gasteiger partial charge in [-0.05, 0) is 62.3 Å². The van der Waals surface area contributed by atoms with Crippen molar-refractivity contribution in [3.63, 3.8) is 0 Å². The Labute approximate surface area is 183 Å². The van der Waals surface area contributed by atoms with Gasteiger partial charge < -0.3 is 16.4 Å². The molecule has 7 nitrogen and oxygen atoms in total. The molecule has 7 heteroatoms. The van der Waals surface area contributed by atoms with Crippen molar-refractivity contribution in [1.82, 2.24) is 20.5 Å². The molecule has 0 spiro atoms. The molecule has 0 unspecified atom stereocenters. The number of carbonyl (C=O) groups is 2. The first-order valence-corrected chi connectivity index (χ1v) is 11.1. The van der Waals surface area contributed by atoms with Crippen LogP contribution in [0.25, 0.3) is 0 Å².